The van der Waals surface area contributed by atoms with Gasteiger partial charge >= 0.3 is 0 Å². The molecule has 0 spiro atoms. The molecule has 20 heavy (non-hydrogen) atoms. The van der Waals surface area contributed by atoms with Gasteiger partial charge in [0.2, 0.25) is 0 Å². The van der Waals surface area contributed by atoms with Crippen molar-refractivity contribution in [3.63, 3.8) is 0 Å². The summed E-state index contributed by atoms with van der Waals surface area (Å²) >= 11 is 0. The van der Waals surface area contributed by atoms with Crippen molar-refractivity contribution in [2.45, 2.75) is 70.8 Å². The van der Waals surface area contributed by atoms with Crippen LogP contribution in [-0.2, 0) is 13.5 Å². The van der Waals surface area contributed by atoms with Gasteiger partial charge in [0, 0.05) is 25.0 Å². The monoisotopic (exact) mass is 277 g/mol. The number of nitrogens with zero attached hydrogens (tertiary/aromatic N) is 2. The summed E-state index contributed by atoms with van der Waals surface area (Å²) in [6.45, 7) is 3.41. The second-order valence-electron chi connectivity index (χ2n) is 6.38. The SMILES string of the molecule is CCCNC(CCc1ccnn1C)CC1CCCCC1. The van der Waals surface area contributed by atoms with Crippen LogP contribution in [0.1, 0.15) is 64.0 Å². The van der Waals surface area contributed by atoms with Gasteiger partial charge in [-0.05, 0) is 44.2 Å². The van der Waals surface area contributed by atoms with Crippen LogP contribution >= 0.6 is 0 Å². The van der Waals surface area contributed by atoms with Gasteiger partial charge in [-0.15, -0.1) is 0 Å². The Balaban J connectivity index is 1.80. The Bertz CT molecular complexity index is 366. The molecule has 1 unspecified atom stereocenters. The number of hydrogen-bond donors (Lipinski definition) is 1. The molecule has 1 aromatic rings. The van der Waals surface area contributed by atoms with Gasteiger partial charge in [-0.3, -0.25) is 4.68 Å². The number of aromatic nitrogens is 2. The Hall–Kier alpha value is -0.830. The molecule has 0 amide bonds. The molecule has 3 nitrogen and oxygen atoms in total. The quantitative estimate of drug-likeness (QED) is 0.785. The van der Waals surface area contributed by atoms with E-state index in [-0.39, 0.29) is 0 Å². The van der Waals surface area contributed by atoms with Gasteiger partial charge in [0.05, 0.1) is 0 Å². The zero-order chi connectivity index (χ0) is 14.2. The van der Waals surface area contributed by atoms with Crippen LogP contribution in [-0.4, -0.2) is 22.4 Å². The summed E-state index contributed by atoms with van der Waals surface area (Å²) < 4.78 is 2.01. The minimum Gasteiger partial charge on any atom is -0.314 e. The van der Waals surface area contributed by atoms with Crippen molar-refractivity contribution < 1.29 is 0 Å². The van der Waals surface area contributed by atoms with Crippen LogP contribution in [0.4, 0.5) is 0 Å². The molecule has 2 rings (SSSR count). The summed E-state index contributed by atoms with van der Waals surface area (Å²) in [4.78, 5) is 0. The normalized spacial score (nSPS) is 18.3. The topological polar surface area (TPSA) is 29.9 Å². The van der Waals surface area contributed by atoms with Crippen molar-refractivity contribution in [3.05, 3.63) is 18.0 Å². The summed E-state index contributed by atoms with van der Waals surface area (Å²) in [5.41, 5.74) is 1.36. The summed E-state index contributed by atoms with van der Waals surface area (Å²) in [6.07, 6.45) is 14.2. The third kappa shape index (κ3) is 4.93. The van der Waals surface area contributed by atoms with E-state index in [1.165, 1.54) is 57.1 Å². The molecular weight excluding hydrogens is 246 g/mol. The standard InChI is InChI=1S/C17H31N3/c1-3-12-18-16(14-15-7-5-4-6-8-15)9-10-17-11-13-19-20(17)2/h11,13,15-16,18H,3-10,12,14H2,1-2H3. The van der Waals surface area contributed by atoms with E-state index in [0.717, 1.165) is 18.9 Å². The molecule has 1 N–H and O–H groups in total. The van der Waals surface area contributed by atoms with Crippen LogP contribution in [0.5, 0.6) is 0 Å². The fraction of sp³-hybridized carbons (Fsp3) is 0.824. The first-order valence-electron chi connectivity index (χ1n) is 8.50. The Morgan fingerprint density at radius 2 is 2.15 bits per heavy atom. The van der Waals surface area contributed by atoms with Gasteiger partial charge in [0.25, 0.3) is 0 Å². The molecule has 1 aliphatic rings. The third-order valence-electron chi connectivity index (χ3n) is 4.70. The average Bonchev–Trinajstić information content (AvgIpc) is 2.88. The molecule has 0 aromatic carbocycles. The van der Waals surface area contributed by atoms with E-state index in [1.807, 2.05) is 17.9 Å². The van der Waals surface area contributed by atoms with E-state index >= 15 is 0 Å². The van der Waals surface area contributed by atoms with E-state index in [0.29, 0.717) is 6.04 Å². The summed E-state index contributed by atoms with van der Waals surface area (Å²) in [5.74, 6) is 0.963. The van der Waals surface area contributed by atoms with Crippen molar-refractivity contribution >= 4 is 0 Å². The molecule has 1 saturated carbocycles. The van der Waals surface area contributed by atoms with Gasteiger partial charge in [-0.1, -0.05) is 39.0 Å². The highest BCUT2D eigenvalue weighted by molar-refractivity contribution is 5.00. The lowest BCUT2D eigenvalue weighted by atomic mass is 9.84. The highest BCUT2D eigenvalue weighted by Crippen LogP contribution is 2.28. The van der Waals surface area contributed by atoms with E-state index in [1.54, 1.807) is 0 Å². The highest BCUT2D eigenvalue weighted by atomic mass is 15.2. The predicted molar refractivity (Wildman–Crippen MR) is 84.8 cm³/mol. The first-order valence-corrected chi connectivity index (χ1v) is 8.50. The molecular formula is C17H31N3. The van der Waals surface area contributed by atoms with Gasteiger partial charge in [0.1, 0.15) is 0 Å². The number of rotatable bonds is 8. The van der Waals surface area contributed by atoms with Gasteiger partial charge in [0.15, 0.2) is 0 Å². The average molecular weight is 277 g/mol. The van der Waals surface area contributed by atoms with Crippen molar-refractivity contribution in [3.8, 4) is 0 Å². The molecule has 1 aromatic heterocycles. The summed E-state index contributed by atoms with van der Waals surface area (Å²) in [7, 11) is 2.05. The molecule has 114 valence electrons. The lowest BCUT2D eigenvalue weighted by Crippen LogP contribution is -2.33. The number of aryl methyl sites for hydroxylation is 2. The van der Waals surface area contributed by atoms with E-state index in [4.69, 9.17) is 0 Å². The van der Waals surface area contributed by atoms with Gasteiger partial charge < -0.3 is 5.32 Å². The first-order chi connectivity index (χ1) is 9.79. The van der Waals surface area contributed by atoms with Crippen molar-refractivity contribution in [1.82, 2.24) is 15.1 Å². The minimum atomic E-state index is 0.688. The number of nitrogens with one attached hydrogen (secondary N) is 1. The lowest BCUT2D eigenvalue weighted by Gasteiger charge is -2.27. The zero-order valence-corrected chi connectivity index (χ0v) is 13.3. The Labute approximate surface area is 124 Å². The largest absolute Gasteiger partial charge is 0.314 e. The fourth-order valence-electron chi connectivity index (χ4n) is 3.45. The Morgan fingerprint density at radius 3 is 2.80 bits per heavy atom. The molecule has 0 radical (unpaired) electrons. The molecule has 1 atom stereocenters. The first kappa shape index (κ1) is 15.6. The van der Waals surface area contributed by atoms with Crippen molar-refractivity contribution in [2.24, 2.45) is 13.0 Å². The van der Waals surface area contributed by atoms with E-state index < -0.39 is 0 Å². The van der Waals surface area contributed by atoms with Crippen LogP contribution in [0.2, 0.25) is 0 Å². The molecule has 0 aliphatic heterocycles. The van der Waals surface area contributed by atoms with Crippen LogP contribution in [0, 0.1) is 5.92 Å². The second-order valence-corrected chi connectivity index (χ2v) is 6.38. The lowest BCUT2D eigenvalue weighted by molar-refractivity contribution is 0.290. The third-order valence-corrected chi connectivity index (χ3v) is 4.70. The fourth-order valence-corrected chi connectivity index (χ4v) is 3.45. The number of hydrogen-bond acceptors (Lipinski definition) is 2. The van der Waals surface area contributed by atoms with Gasteiger partial charge in [-0.25, -0.2) is 0 Å². The van der Waals surface area contributed by atoms with Crippen LogP contribution in [0.3, 0.4) is 0 Å². The van der Waals surface area contributed by atoms with E-state index in [9.17, 15) is 0 Å². The smallest absolute Gasteiger partial charge is 0.0492 e. The van der Waals surface area contributed by atoms with Crippen molar-refractivity contribution in [2.75, 3.05) is 6.54 Å². The molecule has 0 saturated heterocycles. The van der Waals surface area contributed by atoms with E-state index in [2.05, 4.69) is 23.4 Å². The maximum Gasteiger partial charge on any atom is 0.0492 e. The maximum absolute atomic E-state index is 4.27. The molecule has 1 aliphatic carbocycles. The minimum absolute atomic E-state index is 0.688. The molecule has 3 heteroatoms. The summed E-state index contributed by atoms with van der Waals surface area (Å²) in [6, 6.07) is 2.84. The molecule has 1 fully saturated rings. The van der Waals surface area contributed by atoms with Crippen LogP contribution < -0.4 is 5.32 Å². The second kappa shape index (κ2) is 8.46. The highest BCUT2D eigenvalue weighted by Gasteiger charge is 2.18. The van der Waals surface area contributed by atoms with Crippen LogP contribution in [0.15, 0.2) is 12.3 Å². The maximum atomic E-state index is 4.27. The van der Waals surface area contributed by atoms with Crippen molar-refractivity contribution in [1.29, 1.82) is 0 Å². The Morgan fingerprint density at radius 1 is 1.35 bits per heavy atom. The summed E-state index contributed by atoms with van der Waals surface area (Å²) in [5, 5.41) is 8.04. The zero-order valence-electron chi connectivity index (χ0n) is 13.3. The predicted octanol–water partition coefficient (Wildman–Crippen LogP) is 3.69. The van der Waals surface area contributed by atoms with Crippen LogP contribution in [0.25, 0.3) is 0 Å². The van der Waals surface area contributed by atoms with Gasteiger partial charge in [-0.2, -0.15) is 5.10 Å². The molecule has 0 bridgehead atoms. The Kier molecular flexibility index (Phi) is 6.58. The molecule has 1 heterocycles.